The Hall–Kier alpha value is -2.26. The smallest absolute Gasteiger partial charge is 0.280 e. The summed E-state index contributed by atoms with van der Waals surface area (Å²) in [5.41, 5.74) is 2.84. The van der Waals surface area contributed by atoms with Gasteiger partial charge in [-0.3, -0.25) is 14.9 Å². The Morgan fingerprint density at radius 2 is 2.26 bits per heavy atom. The second-order valence-electron chi connectivity index (χ2n) is 4.40. The number of halogens is 1. The highest BCUT2D eigenvalue weighted by Gasteiger charge is 2.11. The molecule has 9 heteroatoms. The molecule has 0 spiro atoms. The third kappa shape index (κ3) is 5.15. The van der Waals surface area contributed by atoms with Gasteiger partial charge in [0.2, 0.25) is 0 Å². The van der Waals surface area contributed by atoms with Crippen molar-refractivity contribution in [3.05, 3.63) is 55.2 Å². The molecule has 0 unspecified atom stereocenters. The van der Waals surface area contributed by atoms with Crippen LogP contribution < -0.4 is 10.2 Å². The van der Waals surface area contributed by atoms with E-state index >= 15 is 0 Å². The van der Waals surface area contributed by atoms with E-state index in [1.807, 2.05) is 6.07 Å². The van der Waals surface area contributed by atoms with Crippen LogP contribution in [0.4, 0.5) is 5.69 Å². The average molecular weight is 398 g/mol. The molecule has 1 N–H and O–H groups in total. The van der Waals surface area contributed by atoms with E-state index in [9.17, 15) is 14.9 Å². The summed E-state index contributed by atoms with van der Waals surface area (Å²) in [5, 5.41) is 16.0. The van der Waals surface area contributed by atoms with Gasteiger partial charge in [0.05, 0.1) is 20.9 Å². The quantitative estimate of drug-likeness (QED) is 0.459. The molecule has 1 amide bonds. The van der Waals surface area contributed by atoms with Crippen molar-refractivity contribution in [1.29, 1.82) is 0 Å². The maximum atomic E-state index is 11.7. The number of nitro groups is 1. The van der Waals surface area contributed by atoms with Gasteiger partial charge in [-0.25, -0.2) is 5.43 Å². The summed E-state index contributed by atoms with van der Waals surface area (Å²) in [6.45, 7) is 1.48. The first-order valence-electron chi connectivity index (χ1n) is 6.40. The normalized spacial score (nSPS) is 11.1. The Bertz CT molecular complexity index is 760. The highest BCUT2D eigenvalue weighted by Crippen LogP contribution is 2.21. The SMILES string of the molecule is C/C(=N/NC(=O)COc1cccc(Br)c1)c1cc([N+](=O)[O-])cs1. The molecular formula is C14H12BrN3O4S. The van der Waals surface area contributed by atoms with E-state index in [0.29, 0.717) is 16.3 Å². The summed E-state index contributed by atoms with van der Waals surface area (Å²) in [4.78, 5) is 22.5. The molecule has 0 saturated carbocycles. The zero-order valence-corrected chi connectivity index (χ0v) is 14.4. The minimum atomic E-state index is -0.475. The van der Waals surface area contributed by atoms with Gasteiger partial charge in [0, 0.05) is 10.5 Å². The first-order chi connectivity index (χ1) is 11.0. The lowest BCUT2D eigenvalue weighted by Gasteiger charge is -2.05. The fraction of sp³-hybridized carbons (Fsp3) is 0.143. The fourth-order valence-corrected chi connectivity index (χ4v) is 2.74. The number of benzene rings is 1. The number of nitrogens with one attached hydrogen (secondary N) is 1. The highest BCUT2D eigenvalue weighted by atomic mass is 79.9. The van der Waals surface area contributed by atoms with Gasteiger partial charge < -0.3 is 4.74 Å². The summed E-state index contributed by atoms with van der Waals surface area (Å²) in [6.07, 6.45) is 0. The van der Waals surface area contributed by atoms with Gasteiger partial charge in [0.15, 0.2) is 6.61 Å². The predicted molar refractivity (Wildman–Crippen MR) is 91.0 cm³/mol. The van der Waals surface area contributed by atoms with Crippen LogP contribution in [-0.2, 0) is 4.79 Å². The van der Waals surface area contributed by atoms with Crippen LogP contribution in [0.15, 0.2) is 45.3 Å². The number of ether oxygens (including phenoxy) is 1. The number of rotatable bonds is 6. The van der Waals surface area contributed by atoms with Crippen LogP contribution in [0.1, 0.15) is 11.8 Å². The van der Waals surface area contributed by atoms with Gasteiger partial charge in [-0.05, 0) is 25.1 Å². The molecule has 120 valence electrons. The molecule has 0 aliphatic rings. The molecule has 0 fully saturated rings. The standard InChI is InChI=1S/C14H12BrN3O4S/c1-9(13-6-11(8-23-13)18(20)21)16-17-14(19)7-22-12-4-2-3-10(15)5-12/h2-6,8H,7H2,1H3,(H,17,19)/b16-9-. The molecule has 23 heavy (non-hydrogen) atoms. The summed E-state index contributed by atoms with van der Waals surface area (Å²) in [6, 6.07) is 8.53. The van der Waals surface area contributed by atoms with Crippen LogP contribution in [0.5, 0.6) is 5.75 Å². The van der Waals surface area contributed by atoms with Crippen LogP contribution in [-0.4, -0.2) is 23.1 Å². The summed E-state index contributed by atoms with van der Waals surface area (Å²) < 4.78 is 6.17. The van der Waals surface area contributed by atoms with Crippen molar-refractivity contribution in [2.75, 3.05) is 6.61 Å². The summed E-state index contributed by atoms with van der Waals surface area (Å²) in [7, 11) is 0. The lowest BCUT2D eigenvalue weighted by Crippen LogP contribution is -2.25. The minimum absolute atomic E-state index is 0.00358. The molecule has 1 heterocycles. The Morgan fingerprint density at radius 3 is 2.91 bits per heavy atom. The van der Waals surface area contributed by atoms with Gasteiger partial charge in [-0.15, -0.1) is 11.3 Å². The van der Waals surface area contributed by atoms with E-state index in [-0.39, 0.29) is 12.3 Å². The molecule has 0 radical (unpaired) electrons. The first-order valence-corrected chi connectivity index (χ1v) is 8.08. The van der Waals surface area contributed by atoms with Crippen molar-refractivity contribution in [2.24, 2.45) is 5.10 Å². The van der Waals surface area contributed by atoms with Crippen LogP contribution in [0.3, 0.4) is 0 Å². The summed E-state index contributed by atoms with van der Waals surface area (Å²) in [5.74, 6) is 0.138. The molecule has 0 aliphatic heterocycles. The Labute approximate surface area is 144 Å². The number of carbonyl (C=O) groups is 1. The molecule has 7 nitrogen and oxygen atoms in total. The van der Waals surface area contributed by atoms with Crippen LogP contribution >= 0.6 is 27.3 Å². The van der Waals surface area contributed by atoms with Gasteiger partial charge in [-0.2, -0.15) is 5.10 Å². The van der Waals surface area contributed by atoms with Crippen LogP contribution in [0.2, 0.25) is 0 Å². The number of hydrogen-bond donors (Lipinski definition) is 1. The first kappa shape index (κ1) is 17.1. The predicted octanol–water partition coefficient (Wildman–Crippen LogP) is 3.34. The topological polar surface area (TPSA) is 93.8 Å². The number of nitrogens with zero attached hydrogens (tertiary/aromatic N) is 2. The lowest BCUT2D eigenvalue weighted by molar-refractivity contribution is -0.384. The van der Waals surface area contributed by atoms with Gasteiger partial charge in [0.25, 0.3) is 11.6 Å². The fourth-order valence-electron chi connectivity index (χ4n) is 1.55. The second-order valence-corrected chi connectivity index (χ2v) is 6.23. The second kappa shape index (κ2) is 7.84. The number of hydrazone groups is 1. The average Bonchev–Trinajstić information content (AvgIpc) is 3.01. The van der Waals surface area contributed by atoms with E-state index in [0.717, 1.165) is 4.47 Å². The largest absolute Gasteiger partial charge is 0.484 e. The van der Waals surface area contributed by atoms with Crippen LogP contribution in [0.25, 0.3) is 0 Å². The molecule has 2 rings (SSSR count). The Morgan fingerprint density at radius 1 is 1.48 bits per heavy atom. The third-order valence-electron chi connectivity index (χ3n) is 2.67. The molecule has 0 saturated heterocycles. The van der Waals surface area contributed by atoms with Crippen molar-refractivity contribution in [1.82, 2.24) is 5.43 Å². The van der Waals surface area contributed by atoms with Crippen LogP contribution in [0, 0.1) is 10.1 Å². The van der Waals surface area contributed by atoms with E-state index < -0.39 is 10.8 Å². The van der Waals surface area contributed by atoms with Crippen molar-refractivity contribution in [2.45, 2.75) is 6.92 Å². The summed E-state index contributed by atoms with van der Waals surface area (Å²) >= 11 is 4.50. The highest BCUT2D eigenvalue weighted by molar-refractivity contribution is 9.10. The van der Waals surface area contributed by atoms with Crippen molar-refractivity contribution in [3.8, 4) is 5.75 Å². The monoisotopic (exact) mass is 397 g/mol. The number of amides is 1. The molecule has 0 bridgehead atoms. The zero-order valence-electron chi connectivity index (χ0n) is 12.0. The van der Waals surface area contributed by atoms with E-state index in [1.165, 1.54) is 22.8 Å². The molecule has 0 aliphatic carbocycles. The number of thiophene rings is 1. The van der Waals surface area contributed by atoms with E-state index in [1.54, 1.807) is 25.1 Å². The zero-order chi connectivity index (χ0) is 16.8. The Balaban J connectivity index is 1.88. The molecule has 1 aromatic heterocycles. The lowest BCUT2D eigenvalue weighted by atomic mass is 10.3. The van der Waals surface area contributed by atoms with Gasteiger partial charge >= 0.3 is 0 Å². The maximum Gasteiger partial charge on any atom is 0.280 e. The Kier molecular flexibility index (Phi) is 5.83. The van der Waals surface area contributed by atoms with Crippen molar-refractivity contribution >= 4 is 44.6 Å². The maximum absolute atomic E-state index is 11.7. The van der Waals surface area contributed by atoms with Crippen molar-refractivity contribution in [3.63, 3.8) is 0 Å². The van der Waals surface area contributed by atoms with Gasteiger partial charge in [-0.1, -0.05) is 22.0 Å². The molecule has 0 atom stereocenters. The molecule has 2 aromatic rings. The van der Waals surface area contributed by atoms with E-state index in [4.69, 9.17) is 4.74 Å². The van der Waals surface area contributed by atoms with Gasteiger partial charge in [0.1, 0.15) is 5.75 Å². The number of carbonyl (C=O) groups excluding carboxylic acids is 1. The van der Waals surface area contributed by atoms with E-state index in [2.05, 4.69) is 26.5 Å². The number of hydrogen-bond acceptors (Lipinski definition) is 6. The minimum Gasteiger partial charge on any atom is -0.484 e. The molecular weight excluding hydrogens is 386 g/mol. The molecule has 1 aromatic carbocycles. The third-order valence-corrected chi connectivity index (χ3v) is 4.19. The van der Waals surface area contributed by atoms with Crippen molar-refractivity contribution < 1.29 is 14.5 Å².